The number of ketones is 1. The maximum atomic E-state index is 13.5. The lowest BCUT2D eigenvalue weighted by Gasteiger charge is -2.04. The van der Waals surface area contributed by atoms with Crippen LogP contribution in [0.1, 0.15) is 15.9 Å². The van der Waals surface area contributed by atoms with E-state index in [-0.39, 0.29) is 12.2 Å². The van der Waals surface area contributed by atoms with E-state index >= 15 is 0 Å². The Morgan fingerprint density at radius 3 is 2.00 bits per heavy atom. The largest absolute Gasteiger partial charge is 0.479 e. The van der Waals surface area contributed by atoms with Gasteiger partial charge in [-0.05, 0) is 36.4 Å². The zero-order chi connectivity index (χ0) is 18.6. The Morgan fingerprint density at radius 1 is 0.960 bits per heavy atom. The molecule has 8 heteroatoms. The van der Waals surface area contributed by atoms with E-state index in [1.807, 2.05) is 0 Å². The Balaban J connectivity index is 2.25. The molecule has 0 aromatic heterocycles. The van der Waals surface area contributed by atoms with Crippen molar-refractivity contribution in [1.82, 2.24) is 0 Å². The van der Waals surface area contributed by atoms with Crippen LogP contribution in [-0.4, -0.2) is 12.4 Å². The fraction of sp³-hybridized carbons (Fsp3) is 0.0588. The molecule has 0 N–H and O–H groups in total. The van der Waals surface area contributed by atoms with Crippen molar-refractivity contribution in [2.75, 3.05) is 6.61 Å². The second-order valence-corrected chi connectivity index (χ2v) is 4.65. The number of carbonyl (C=O) groups excluding carboxylic acids is 1. The highest BCUT2D eigenvalue weighted by atomic mass is 19.2. The van der Waals surface area contributed by atoms with Crippen LogP contribution in [0.4, 0.5) is 22.0 Å². The van der Waals surface area contributed by atoms with Gasteiger partial charge in [-0.15, -0.1) is 0 Å². The maximum Gasteiger partial charge on any atom is 0.200 e. The summed E-state index contributed by atoms with van der Waals surface area (Å²) in [6.07, 6.45) is 1.20. The fourth-order valence-corrected chi connectivity index (χ4v) is 1.85. The van der Waals surface area contributed by atoms with Crippen LogP contribution in [0, 0.1) is 40.4 Å². The molecule has 2 aromatic carbocycles. The predicted octanol–water partition coefficient (Wildman–Crippen LogP) is 4.18. The molecule has 0 unspecified atom stereocenters. The lowest BCUT2D eigenvalue weighted by Crippen LogP contribution is -2.04. The third-order valence-electron chi connectivity index (χ3n) is 3.09. The molecule has 0 aliphatic rings. The Morgan fingerprint density at radius 2 is 1.48 bits per heavy atom. The average molecular weight is 353 g/mol. The molecule has 0 aliphatic heterocycles. The number of rotatable bonds is 5. The number of nitrogens with zero attached hydrogens (tertiary/aromatic N) is 1. The molecule has 0 aliphatic carbocycles. The topological polar surface area (TPSA) is 50.1 Å². The molecule has 2 rings (SSSR count). The highest BCUT2D eigenvalue weighted by Gasteiger charge is 2.24. The lowest BCUT2D eigenvalue weighted by atomic mass is 10.1. The first-order valence-electron chi connectivity index (χ1n) is 6.70. The second-order valence-electron chi connectivity index (χ2n) is 4.65. The van der Waals surface area contributed by atoms with E-state index in [2.05, 4.69) is 0 Å². The number of halogens is 5. The monoisotopic (exact) mass is 353 g/mol. The first kappa shape index (κ1) is 18.1. The number of carbonyl (C=O) groups is 1. The van der Waals surface area contributed by atoms with Crippen molar-refractivity contribution in [1.29, 1.82) is 5.26 Å². The standard InChI is InChI=1S/C17H8F5NO2/c18-13-11(14(19)16(21)17(22)15(13)20)5-6-12(24)9-1-3-10(4-2-9)25-8-7-23/h1-6H,8H2/b6-5+. The molecule has 0 fully saturated rings. The van der Waals surface area contributed by atoms with Gasteiger partial charge in [0.2, 0.25) is 5.82 Å². The Kier molecular flexibility index (Phi) is 5.49. The van der Waals surface area contributed by atoms with Crippen LogP contribution < -0.4 is 4.74 Å². The second kappa shape index (κ2) is 7.57. The van der Waals surface area contributed by atoms with Gasteiger partial charge in [0.05, 0.1) is 5.56 Å². The minimum Gasteiger partial charge on any atom is -0.479 e. The number of hydrogen-bond acceptors (Lipinski definition) is 3. The lowest BCUT2D eigenvalue weighted by molar-refractivity contribution is 0.104. The number of hydrogen-bond donors (Lipinski definition) is 0. The van der Waals surface area contributed by atoms with Crippen molar-refractivity contribution in [3.05, 3.63) is 70.6 Å². The van der Waals surface area contributed by atoms with Gasteiger partial charge in [-0.25, -0.2) is 22.0 Å². The summed E-state index contributed by atoms with van der Waals surface area (Å²) in [5.74, 6) is -10.9. The molecule has 128 valence electrons. The summed E-state index contributed by atoms with van der Waals surface area (Å²) in [6.45, 7) is -0.187. The van der Waals surface area contributed by atoms with Crippen LogP contribution in [0.25, 0.3) is 6.08 Å². The van der Waals surface area contributed by atoms with Gasteiger partial charge in [-0.2, -0.15) is 5.26 Å². The number of nitriles is 1. The van der Waals surface area contributed by atoms with E-state index < -0.39 is 40.4 Å². The SMILES string of the molecule is N#CCOc1ccc(C(=O)/C=C/c2c(F)c(F)c(F)c(F)c2F)cc1. The Labute approximate surface area is 138 Å². The van der Waals surface area contributed by atoms with E-state index in [4.69, 9.17) is 10.00 Å². The summed E-state index contributed by atoms with van der Waals surface area (Å²) in [7, 11) is 0. The quantitative estimate of drug-likeness (QED) is 0.266. The van der Waals surface area contributed by atoms with Crippen molar-refractivity contribution in [2.24, 2.45) is 0 Å². The van der Waals surface area contributed by atoms with Crippen LogP contribution in [0.5, 0.6) is 5.75 Å². The van der Waals surface area contributed by atoms with Crippen LogP contribution in [-0.2, 0) is 0 Å². The molecule has 25 heavy (non-hydrogen) atoms. The zero-order valence-electron chi connectivity index (χ0n) is 12.3. The first-order chi connectivity index (χ1) is 11.9. The van der Waals surface area contributed by atoms with Crippen molar-refractivity contribution >= 4 is 11.9 Å². The molecule has 3 nitrogen and oxygen atoms in total. The third kappa shape index (κ3) is 3.83. The summed E-state index contributed by atoms with van der Waals surface area (Å²) < 4.78 is 71.1. The molecule has 2 aromatic rings. The maximum absolute atomic E-state index is 13.5. The van der Waals surface area contributed by atoms with Gasteiger partial charge in [0.15, 0.2) is 35.7 Å². The predicted molar refractivity (Wildman–Crippen MR) is 77.1 cm³/mol. The van der Waals surface area contributed by atoms with Gasteiger partial charge < -0.3 is 4.74 Å². The molecule has 0 bridgehead atoms. The summed E-state index contributed by atoms with van der Waals surface area (Å²) in [6, 6.07) is 7.16. The van der Waals surface area contributed by atoms with Gasteiger partial charge >= 0.3 is 0 Å². The Bertz CT molecular complexity index is 856. The molecule has 0 radical (unpaired) electrons. The summed E-state index contributed by atoms with van der Waals surface area (Å²) in [5.41, 5.74) is -1.12. The fourth-order valence-electron chi connectivity index (χ4n) is 1.85. The van der Waals surface area contributed by atoms with Crippen LogP contribution in [0.2, 0.25) is 0 Å². The van der Waals surface area contributed by atoms with Gasteiger partial charge in [-0.3, -0.25) is 4.79 Å². The zero-order valence-corrected chi connectivity index (χ0v) is 12.3. The normalized spacial score (nSPS) is 10.7. The number of allylic oxidation sites excluding steroid dienone is 1. The van der Waals surface area contributed by atoms with E-state index in [1.165, 1.54) is 24.3 Å². The van der Waals surface area contributed by atoms with E-state index in [0.29, 0.717) is 17.9 Å². The van der Waals surface area contributed by atoms with Gasteiger partial charge in [0.1, 0.15) is 11.8 Å². The highest BCUT2D eigenvalue weighted by molar-refractivity contribution is 6.06. The minimum atomic E-state index is -2.27. The van der Waals surface area contributed by atoms with E-state index in [9.17, 15) is 26.7 Å². The third-order valence-corrected chi connectivity index (χ3v) is 3.09. The van der Waals surface area contributed by atoms with Crippen molar-refractivity contribution in [3.63, 3.8) is 0 Å². The summed E-state index contributed by atoms with van der Waals surface area (Å²) in [5, 5.41) is 8.37. The molecule has 0 saturated heterocycles. The van der Waals surface area contributed by atoms with Gasteiger partial charge in [0.25, 0.3) is 0 Å². The van der Waals surface area contributed by atoms with Crippen molar-refractivity contribution < 1.29 is 31.5 Å². The molecular weight excluding hydrogens is 345 g/mol. The molecule has 0 amide bonds. The summed E-state index contributed by atoms with van der Waals surface area (Å²) >= 11 is 0. The van der Waals surface area contributed by atoms with Gasteiger partial charge in [0, 0.05) is 5.56 Å². The van der Waals surface area contributed by atoms with Crippen molar-refractivity contribution in [3.8, 4) is 11.8 Å². The molecular formula is C17H8F5NO2. The van der Waals surface area contributed by atoms with Gasteiger partial charge in [-0.1, -0.05) is 0 Å². The number of ether oxygens (including phenoxy) is 1. The van der Waals surface area contributed by atoms with E-state index in [0.717, 1.165) is 0 Å². The molecule has 0 saturated carbocycles. The molecule has 0 heterocycles. The molecule has 0 spiro atoms. The Hall–Kier alpha value is -3.21. The summed E-state index contributed by atoms with van der Waals surface area (Å²) in [4.78, 5) is 11.9. The van der Waals surface area contributed by atoms with Crippen LogP contribution in [0.3, 0.4) is 0 Å². The number of benzene rings is 2. The van der Waals surface area contributed by atoms with Crippen molar-refractivity contribution in [2.45, 2.75) is 0 Å². The van der Waals surface area contributed by atoms with Crippen LogP contribution in [0.15, 0.2) is 30.3 Å². The smallest absolute Gasteiger partial charge is 0.200 e. The van der Waals surface area contributed by atoms with Crippen LogP contribution >= 0.6 is 0 Å². The highest BCUT2D eigenvalue weighted by Crippen LogP contribution is 2.24. The minimum absolute atomic E-state index is 0.0874. The first-order valence-corrected chi connectivity index (χ1v) is 6.70. The average Bonchev–Trinajstić information content (AvgIpc) is 2.63. The van der Waals surface area contributed by atoms with E-state index in [1.54, 1.807) is 6.07 Å². The molecule has 0 atom stereocenters.